The van der Waals surface area contributed by atoms with Crippen LogP contribution in [-0.2, 0) is 20.7 Å². The average molecular weight is 375 g/mol. The van der Waals surface area contributed by atoms with Gasteiger partial charge in [0, 0.05) is 30.7 Å². The Morgan fingerprint density at radius 2 is 2.15 bits per heavy atom. The largest absolute Gasteiger partial charge is 0.465 e. The molecule has 0 spiro atoms. The third-order valence-corrected chi connectivity index (χ3v) is 5.25. The molecule has 2 heterocycles. The van der Waals surface area contributed by atoms with E-state index in [0.29, 0.717) is 43.2 Å². The molecule has 1 aliphatic heterocycles. The summed E-state index contributed by atoms with van der Waals surface area (Å²) < 4.78 is 10.0. The van der Waals surface area contributed by atoms with Crippen molar-refractivity contribution < 1.29 is 19.1 Å². The van der Waals surface area contributed by atoms with Crippen LogP contribution in [0.1, 0.15) is 33.6 Å². The van der Waals surface area contributed by atoms with Gasteiger partial charge in [0.2, 0.25) is 5.91 Å². The van der Waals surface area contributed by atoms with Gasteiger partial charge in [-0.2, -0.15) is 0 Å². The van der Waals surface area contributed by atoms with E-state index in [0.717, 1.165) is 10.4 Å². The quantitative estimate of drug-likeness (QED) is 0.775. The maximum absolute atomic E-state index is 12.4. The van der Waals surface area contributed by atoms with Gasteiger partial charge in [-0.1, -0.05) is 12.1 Å². The molecule has 0 unspecified atom stereocenters. The molecule has 1 fully saturated rings. The number of nitrogens with one attached hydrogen (secondary N) is 1. The third-order valence-electron chi connectivity index (χ3n) is 4.34. The molecule has 1 aromatic heterocycles. The number of carbonyl (C=O) groups is 2. The number of rotatable bonds is 5. The first-order valence-electron chi connectivity index (χ1n) is 8.30. The fourth-order valence-corrected chi connectivity index (χ4v) is 3.60. The van der Waals surface area contributed by atoms with Crippen molar-refractivity contribution in [2.45, 2.75) is 24.8 Å². The van der Waals surface area contributed by atoms with Crippen molar-refractivity contribution in [1.29, 1.82) is 0 Å². The van der Waals surface area contributed by atoms with Crippen molar-refractivity contribution in [1.82, 2.24) is 4.98 Å². The minimum Gasteiger partial charge on any atom is -0.465 e. The second-order valence-corrected chi connectivity index (χ2v) is 7.34. The van der Waals surface area contributed by atoms with E-state index in [1.807, 2.05) is 12.1 Å². The van der Waals surface area contributed by atoms with Crippen molar-refractivity contribution in [3.8, 4) is 0 Å². The molecule has 26 heavy (non-hydrogen) atoms. The fourth-order valence-electron chi connectivity index (χ4n) is 2.76. The van der Waals surface area contributed by atoms with E-state index in [2.05, 4.69) is 10.3 Å². The van der Waals surface area contributed by atoms with Gasteiger partial charge >= 0.3 is 5.97 Å². The highest BCUT2D eigenvalue weighted by Crippen LogP contribution is 2.24. The first kappa shape index (κ1) is 18.5. The van der Waals surface area contributed by atoms with Crippen LogP contribution in [0, 0.1) is 0 Å². The Labute approximate surface area is 155 Å². The first-order chi connectivity index (χ1) is 12.5. The van der Waals surface area contributed by atoms with Gasteiger partial charge in [0.15, 0.2) is 5.13 Å². The molecule has 1 saturated heterocycles. The zero-order valence-corrected chi connectivity index (χ0v) is 15.3. The SMILES string of the molecule is COC(=O)c1cccc(Cc2cnc(NC(=O)C3(N)CCOCC3)s2)c1. The van der Waals surface area contributed by atoms with Crippen LogP contribution in [0.25, 0.3) is 0 Å². The summed E-state index contributed by atoms with van der Waals surface area (Å²) in [5, 5.41) is 3.33. The summed E-state index contributed by atoms with van der Waals surface area (Å²) in [5.41, 5.74) is 6.75. The Hall–Kier alpha value is -2.29. The van der Waals surface area contributed by atoms with Gasteiger partial charge < -0.3 is 20.5 Å². The molecule has 0 bridgehead atoms. The molecule has 1 aliphatic rings. The monoisotopic (exact) mass is 375 g/mol. The van der Waals surface area contributed by atoms with Gasteiger partial charge in [0.05, 0.1) is 12.7 Å². The van der Waals surface area contributed by atoms with Crippen molar-refractivity contribution >= 4 is 28.3 Å². The Bertz CT molecular complexity index is 799. The molecule has 1 aromatic carbocycles. The summed E-state index contributed by atoms with van der Waals surface area (Å²) in [6.07, 6.45) is 3.33. The number of ether oxygens (including phenoxy) is 2. The van der Waals surface area contributed by atoms with Crippen molar-refractivity contribution in [2.75, 3.05) is 25.6 Å². The number of nitrogens with zero attached hydrogens (tertiary/aromatic N) is 1. The van der Waals surface area contributed by atoms with Crippen LogP contribution in [0.3, 0.4) is 0 Å². The normalized spacial score (nSPS) is 16.1. The van der Waals surface area contributed by atoms with E-state index >= 15 is 0 Å². The minimum atomic E-state index is -0.904. The van der Waals surface area contributed by atoms with E-state index in [9.17, 15) is 9.59 Å². The predicted octanol–water partition coefficient (Wildman–Crippen LogP) is 1.97. The summed E-state index contributed by atoms with van der Waals surface area (Å²) in [6, 6.07) is 7.25. The van der Waals surface area contributed by atoms with Gasteiger partial charge in [-0.15, -0.1) is 11.3 Å². The molecule has 7 nitrogen and oxygen atoms in total. The van der Waals surface area contributed by atoms with E-state index < -0.39 is 5.54 Å². The number of esters is 1. The van der Waals surface area contributed by atoms with Crippen LogP contribution in [0.4, 0.5) is 5.13 Å². The molecule has 0 aliphatic carbocycles. The van der Waals surface area contributed by atoms with Gasteiger partial charge in [-0.25, -0.2) is 9.78 Å². The summed E-state index contributed by atoms with van der Waals surface area (Å²) >= 11 is 1.39. The number of carbonyl (C=O) groups excluding carboxylic acids is 2. The van der Waals surface area contributed by atoms with Gasteiger partial charge in [-0.05, 0) is 30.5 Å². The highest BCUT2D eigenvalue weighted by Gasteiger charge is 2.36. The molecule has 0 atom stereocenters. The molecule has 3 N–H and O–H groups in total. The van der Waals surface area contributed by atoms with Crippen LogP contribution in [0.5, 0.6) is 0 Å². The molecule has 2 aromatic rings. The summed E-state index contributed by atoms with van der Waals surface area (Å²) in [5.74, 6) is -0.594. The molecular weight excluding hydrogens is 354 g/mol. The number of benzene rings is 1. The molecule has 0 radical (unpaired) electrons. The number of methoxy groups -OCH3 is 1. The van der Waals surface area contributed by atoms with Gasteiger partial charge in [0.1, 0.15) is 5.54 Å². The van der Waals surface area contributed by atoms with E-state index in [1.165, 1.54) is 18.4 Å². The number of nitrogens with two attached hydrogens (primary N) is 1. The predicted molar refractivity (Wildman–Crippen MR) is 98.3 cm³/mol. The molecule has 138 valence electrons. The lowest BCUT2D eigenvalue weighted by atomic mass is 9.90. The zero-order chi connectivity index (χ0) is 18.6. The summed E-state index contributed by atoms with van der Waals surface area (Å²) in [6.45, 7) is 0.979. The minimum absolute atomic E-state index is 0.227. The Kier molecular flexibility index (Phi) is 5.65. The maximum atomic E-state index is 12.4. The number of hydrogen-bond acceptors (Lipinski definition) is 7. The van der Waals surface area contributed by atoms with E-state index in [-0.39, 0.29) is 11.9 Å². The summed E-state index contributed by atoms with van der Waals surface area (Å²) in [7, 11) is 1.36. The Balaban J connectivity index is 1.65. The standard InChI is InChI=1S/C18H21N3O4S/c1-24-15(22)13-4-2-3-12(9-13)10-14-11-20-17(26-14)21-16(23)18(19)5-7-25-8-6-18/h2-4,9,11H,5-8,10,19H2,1H3,(H,20,21,23). The molecule has 3 rings (SSSR count). The van der Waals surface area contributed by atoms with Crippen molar-refractivity contribution in [2.24, 2.45) is 5.73 Å². The third kappa shape index (κ3) is 4.27. The summed E-state index contributed by atoms with van der Waals surface area (Å²) in [4.78, 5) is 29.3. The van der Waals surface area contributed by atoms with Gasteiger partial charge in [0.25, 0.3) is 0 Å². The number of anilines is 1. The highest BCUT2D eigenvalue weighted by atomic mass is 32.1. The smallest absolute Gasteiger partial charge is 0.337 e. The lowest BCUT2D eigenvalue weighted by molar-refractivity contribution is -0.124. The number of thiazole rings is 1. The molecular formula is C18H21N3O4S. The van der Waals surface area contributed by atoms with Crippen LogP contribution in [-0.4, -0.2) is 42.7 Å². The average Bonchev–Trinajstić information content (AvgIpc) is 3.08. The number of aromatic nitrogens is 1. The van der Waals surface area contributed by atoms with Crippen LogP contribution in [0.15, 0.2) is 30.5 Å². The lowest BCUT2D eigenvalue weighted by Gasteiger charge is -2.31. The van der Waals surface area contributed by atoms with E-state index in [1.54, 1.807) is 18.3 Å². The highest BCUT2D eigenvalue weighted by molar-refractivity contribution is 7.15. The first-order valence-corrected chi connectivity index (χ1v) is 9.12. The Morgan fingerprint density at radius 1 is 1.38 bits per heavy atom. The fraction of sp³-hybridized carbons (Fsp3) is 0.389. The maximum Gasteiger partial charge on any atom is 0.337 e. The van der Waals surface area contributed by atoms with Crippen LogP contribution >= 0.6 is 11.3 Å². The number of hydrogen-bond donors (Lipinski definition) is 2. The van der Waals surface area contributed by atoms with E-state index in [4.69, 9.17) is 15.2 Å². The topological polar surface area (TPSA) is 104 Å². The van der Waals surface area contributed by atoms with Crippen LogP contribution in [0.2, 0.25) is 0 Å². The zero-order valence-electron chi connectivity index (χ0n) is 14.5. The second kappa shape index (κ2) is 7.94. The lowest BCUT2D eigenvalue weighted by Crippen LogP contribution is -2.54. The molecule has 1 amide bonds. The van der Waals surface area contributed by atoms with Crippen molar-refractivity contribution in [3.05, 3.63) is 46.5 Å². The number of amides is 1. The Morgan fingerprint density at radius 3 is 2.88 bits per heavy atom. The van der Waals surface area contributed by atoms with Gasteiger partial charge in [-0.3, -0.25) is 4.79 Å². The van der Waals surface area contributed by atoms with Crippen molar-refractivity contribution in [3.63, 3.8) is 0 Å². The molecule has 0 saturated carbocycles. The van der Waals surface area contributed by atoms with Crippen LogP contribution < -0.4 is 11.1 Å². The molecule has 8 heteroatoms. The second-order valence-electron chi connectivity index (χ2n) is 6.22.